The molecule has 19 heavy (non-hydrogen) atoms. The number of aromatic nitrogens is 3. The van der Waals surface area contributed by atoms with Crippen LogP contribution < -0.4 is 10.6 Å². The predicted molar refractivity (Wildman–Crippen MR) is 76.8 cm³/mol. The smallest absolute Gasteiger partial charge is 0.282 e. The minimum absolute atomic E-state index is 0.125. The van der Waals surface area contributed by atoms with Crippen LogP contribution in [-0.2, 0) is 6.42 Å². The van der Waals surface area contributed by atoms with Gasteiger partial charge < -0.3 is 10.6 Å². The summed E-state index contributed by atoms with van der Waals surface area (Å²) < 4.78 is 0. The average Bonchev–Trinajstić information content (AvgIpc) is 3.07. The summed E-state index contributed by atoms with van der Waals surface area (Å²) in [6, 6.07) is -0.125. The summed E-state index contributed by atoms with van der Waals surface area (Å²) in [5, 5.41) is 15.3. The van der Waals surface area contributed by atoms with Crippen LogP contribution in [0.2, 0.25) is 0 Å². The zero-order chi connectivity index (χ0) is 13.8. The van der Waals surface area contributed by atoms with E-state index in [1.54, 1.807) is 18.4 Å². The number of thiazole rings is 1. The summed E-state index contributed by atoms with van der Waals surface area (Å²) in [5.41, 5.74) is 0. The molecule has 1 amide bonds. The highest BCUT2D eigenvalue weighted by molar-refractivity contribution is 7.17. The standard InChI is InChI=1S/C11H15N5OS2/c1-4-7-5-13-9(18-7)6(2)14-8(17)10-15-16-11(12-3)19-10/h5-6H,4H2,1-3H3,(H,12,16)(H,14,17). The van der Waals surface area contributed by atoms with E-state index in [0.29, 0.717) is 10.1 Å². The van der Waals surface area contributed by atoms with Crippen molar-refractivity contribution in [2.24, 2.45) is 0 Å². The van der Waals surface area contributed by atoms with E-state index < -0.39 is 0 Å². The molecule has 1 atom stereocenters. The normalized spacial score (nSPS) is 12.2. The van der Waals surface area contributed by atoms with Crippen molar-refractivity contribution in [3.8, 4) is 0 Å². The molecule has 0 aromatic carbocycles. The molecular formula is C11H15N5OS2. The first-order valence-electron chi connectivity index (χ1n) is 5.90. The highest BCUT2D eigenvalue weighted by Crippen LogP contribution is 2.21. The molecule has 0 saturated heterocycles. The molecule has 2 aromatic rings. The van der Waals surface area contributed by atoms with Crippen molar-refractivity contribution < 1.29 is 4.79 Å². The Bertz CT molecular complexity index is 565. The van der Waals surface area contributed by atoms with E-state index >= 15 is 0 Å². The maximum Gasteiger partial charge on any atom is 0.282 e. The highest BCUT2D eigenvalue weighted by Gasteiger charge is 2.17. The van der Waals surface area contributed by atoms with Crippen LogP contribution in [0.4, 0.5) is 5.13 Å². The first-order valence-corrected chi connectivity index (χ1v) is 7.54. The quantitative estimate of drug-likeness (QED) is 0.883. The van der Waals surface area contributed by atoms with Crippen LogP contribution in [0.3, 0.4) is 0 Å². The second-order valence-corrected chi connectivity index (χ2v) is 6.00. The van der Waals surface area contributed by atoms with Gasteiger partial charge in [-0.05, 0) is 13.3 Å². The predicted octanol–water partition coefficient (Wildman–Crippen LogP) is 2.09. The molecule has 1 unspecified atom stereocenters. The van der Waals surface area contributed by atoms with Crippen molar-refractivity contribution in [2.75, 3.05) is 12.4 Å². The lowest BCUT2D eigenvalue weighted by Crippen LogP contribution is -2.26. The summed E-state index contributed by atoms with van der Waals surface area (Å²) in [6.45, 7) is 4.00. The summed E-state index contributed by atoms with van der Waals surface area (Å²) in [7, 11) is 1.74. The van der Waals surface area contributed by atoms with Gasteiger partial charge in [0, 0.05) is 18.1 Å². The number of hydrogen-bond acceptors (Lipinski definition) is 7. The van der Waals surface area contributed by atoms with Crippen molar-refractivity contribution >= 4 is 33.7 Å². The zero-order valence-electron chi connectivity index (χ0n) is 10.9. The Morgan fingerprint density at radius 3 is 2.79 bits per heavy atom. The van der Waals surface area contributed by atoms with Crippen molar-refractivity contribution in [3.63, 3.8) is 0 Å². The van der Waals surface area contributed by atoms with Crippen LogP contribution in [-0.4, -0.2) is 28.1 Å². The fourth-order valence-corrected chi connectivity index (χ4v) is 2.88. The Morgan fingerprint density at radius 2 is 2.21 bits per heavy atom. The topological polar surface area (TPSA) is 79.8 Å². The molecule has 0 spiro atoms. The van der Waals surface area contributed by atoms with Crippen molar-refractivity contribution in [1.82, 2.24) is 20.5 Å². The van der Waals surface area contributed by atoms with Gasteiger partial charge in [-0.3, -0.25) is 4.79 Å². The minimum Gasteiger partial charge on any atom is -0.363 e. The van der Waals surface area contributed by atoms with E-state index in [0.717, 1.165) is 11.4 Å². The lowest BCUT2D eigenvalue weighted by atomic mass is 10.3. The number of anilines is 1. The van der Waals surface area contributed by atoms with Gasteiger partial charge in [-0.25, -0.2) is 4.98 Å². The van der Waals surface area contributed by atoms with E-state index in [2.05, 4.69) is 32.7 Å². The van der Waals surface area contributed by atoms with E-state index in [9.17, 15) is 4.79 Å². The van der Waals surface area contributed by atoms with E-state index in [1.165, 1.54) is 16.2 Å². The molecule has 2 rings (SSSR count). The summed E-state index contributed by atoms with van der Waals surface area (Å²) >= 11 is 2.84. The Kier molecular flexibility index (Phi) is 4.43. The van der Waals surface area contributed by atoms with Gasteiger partial charge in [0.2, 0.25) is 10.1 Å². The lowest BCUT2D eigenvalue weighted by Gasteiger charge is -2.08. The number of amides is 1. The average molecular weight is 297 g/mol. The molecule has 0 aliphatic carbocycles. The Labute approximate surface area is 119 Å². The third-order valence-electron chi connectivity index (χ3n) is 2.47. The van der Waals surface area contributed by atoms with E-state index in [1.807, 2.05) is 13.1 Å². The van der Waals surface area contributed by atoms with Gasteiger partial charge in [0.1, 0.15) is 5.01 Å². The van der Waals surface area contributed by atoms with Gasteiger partial charge in [0.25, 0.3) is 5.91 Å². The number of carbonyl (C=O) groups is 1. The van der Waals surface area contributed by atoms with Crippen LogP contribution in [0.5, 0.6) is 0 Å². The molecule has 0 aliphatic heterocycles. The first kappa shape index (κ1) is 13.9. The SMILES string of the molecule is CCc1cnc(C(C)NC(=O)c2nnc(NC)s2)s1. The molecular weight excluding hydrogens is 282 g/mol. The fourth-order valence-electron chi connectivity index (χ4n) is 1.42. The molecule has 6 nitrogen and oxygen atoms in total. The molecule has 2 aromatic heterocycles. The Hall–Kier alpha value is -1.54. The Morgan fingerprint density at radius 1 is 1.42 bits per heavy atom. The lowest BCUT2D eigenvalue weighted by molar-refractivity contribution is 0.0938. The van der Waals surface area contributed by atoms with E-state index in [-0.39, 0.29) is 11.9 Å². The summed E-state index contributed by atoms with van der Waals surface area (Å²) in [6.07, 6.45) is 2.81. The van der Waals surface area contributed by atoms with Crippen LogP contribution in [0, 0.1) is 0 Å². The van der Waals surface area contributed by atoms with Gasteiger partial charge in [0.15, 0.2) is 0 Å². The van der Waals surface area contributed by atoms with E-state index in [4.69, 9.17) is 0 Å². The molecule has 2 N–H and O–H groups in total. The molecule has 0 bridgehead atoms. The third-order valence-corrected chi connectivity index (χ3v) is 4.73. The van der Waals surface area contributed by atoms with Gasteiger partial charge in [-0.2, -0.15) is 0 Å². The van der Waals surface area contributed by atoms with Gasteiger partial charge in [0.05, 0.1) is 6.04 Å². The Balaban J connectivity index is 2.01. The van der Waals surface area contributed by atoms with Gasteiger partial charge >= 0.3 is 0 Å². The third kappa shape index (κ3) is 3.27. The second-order valence-electron chi connectivity index (χ2n) is 3.88. The summed E-state index contributed by atoms with van der Waals surface area (Å²) in [4.78, 5) is 17.5. The second kappa shape index (κ2) is 6.07. The molecule has 0 saturated carbocycles. The van der Waals surface area contributed by atoms with Crippen LogP contribution in [0.15, 0.2) is 6.20 Å². The first-order chi connectivity index (χ1) is 9.13. The molecule has 102 valence electrons. The summed E-state index contributed by atoms with van der Waals surface area (Å²) in [5.74, 6) is -0.222. The van der Waals surface area contributed by atoms with Crippen LogP contribution in [0.25, 0.3) is 0 Å². The zero-order valence-corrected chi connectivity index (χ0v) is 12.6. The number of rotatable bonds is 5. The molecule has 0 radical (unpaired) electrons. The molecule has 0 fully saturated rings. The number of carbonyl (C=O) groups excluding carboxylic acids is 1. The van der Waals surface area contributed by atoms with Crippen molar-refractivity contribution in [2.45, 2.75) is 26.3 Å². The molecule has 2 heterocycles. The van der Waals surface area contributed by atoms with Crippen molar-refractivity contribution in [3.05, 3.63) is 21.1 Å². The largest absolute Gasteiger partial charge is 0.363 e. The number of hydrogen-bond donors (Lipinski definition) is 2. The number of aryl methyl sites for hydroxylation is 1. The number of nitrogens with zero attached hydrogens (tertiary/aromatic N) is 3. The highest BCUT2D eigenvalue weighted by atomic mass is 32.1. The van der Waals surface area contributed by atoms with Crippen LogP contribution >= 0.6 is 22.7 Å². The number of nitrogens with one attached hydrogen (secondary N) is 2. The monoisotopic (exact) mass is 297 g/mol. The van der Waals surface area contributed by atoms with Gasteiger partial charge in [-0.1, -0.05) is 18.3 Å². The van der Waals surface area contributed by atoms with Crippen LogP contribution in [0.1, 0.15) is 39.6 Å². The minimum atomic E-state index is -0.222. The maximum absolute atomic E-state index is 12.0. The molecule has 0 aliphatic rings. The van der Waals surface area contributed by atoms with Crippen molar-refractivity contribution in [1.29, 1.82) is 0 Å². The van der Waals surface area contributed by atoms with Gasteiger partial charge in [-0.15, -0.1) is 21.5 Å². The molecule has 8 heteroatoms. The maximum atomic E-state index is 12.0. The fraction of sp³-hybridized carbons (Fsp3) is 0.455.